The molecular weight excluding hydrogens is 602 g/mol. The van der Waals surface area contributed by atoms with Gasteiger partial charge in [0.25, 0.3) is 10.0 Å². The van der Waals surface area contributed by atoms with Crippen molar-refractivity contribution < 1.29 is 18.0 Å². The molecule has 218 valence electrons. The number of carbonyl (C=O) groups excluding carboxylic acids is 2. The number of nitrogens with zero attached hydrogens (tertiary/aromatic N) is 2. The van der Waals surface area contributed by atoms with Crippen molar-refractivity contribution in [2.45, 2.75) is 76.4 Å². The van der Waals surface area contributed by atoms with Crippen LogP contribution in [0.2, 0.25) is 0 Å². The summed E-state index contributed by atoms with van der Waals surface area (Å²) in [6.45, 7) is 5.27. The summed E-state index contributed by atoms with van der Waals surface area (Å²) in [5.74, 6) is -0.696. The van der Waals surface area contributed by atoms with E-state index in [1.165, 1.54) is 23.5 Å². The monoisotopic (exact) mass is 639 g/mol. The molecular formula is C32H38BrN3O4S. The number of benzene rings is 3. The topological polar surface area (TPSA) is 86.8 Å². The van der Waals surface area contributed by atoms with E-state index in [-0.39, 0.29) is 23.4 Å². The van der Waals surface area contributed by atoms with E-state index in [0.29, 0.717) is 5.69 Å². The number of hydrogen-bond donors (Lipinski definition) is 1. The van der Waals surface area contributed by atoms with Crippen LogP contribution in [-0.2, 0) is 26.2 Å². The molecule has 0 heterocycles. The zero-order valence-electron chi connectivity index (χ0n) is 23.8. The smallest absolute Gasteiger partial charge is 0.264 e. The minimum atomic E-state index is -4.08. The van der Waals surface area contributed by atoms with E-state index in [1.54, 1.807) is 37.3 Å². The van der Waals surface area contributed by atoms with Crippen LogP contribution in [0.1, 0.15) is 55.7 Å². The van der Waals surface area contributed by atoms with Crippen LogP contribution in [0.3, 0.4) is 0 Å². The van der Waals surface area contributed by atoms with Gasteiger partial charge in [-0.05, 0) is 86.7 Å². The maximum absolute atomic E-state index is 14.1. The molecule has 9 heteroatoms. The molecule has 0 radical (unpaired) electrons. The van der Waals surface area contributed by atoms with E-state index < -0.39 is 28.5 Å². The van der Waals surface area contributed by atoms with Crippen molar-refractivity contribution in [1.82, 2.24) is 10.2 Å². The summed E-state index contributed by atoms with van der Waals surface area (Å²) in [5.41, 5.74) is 3.15. The maximum Gasteiger partial charge on any atom is 0.264 e. The minimum absolute atomic E-state index is 0.0898. The Kier molecular flexibility index (Phi) is 10.3. The van der Waals surface area contributed by atoms with Gasteiger partial charge < -0.3 is 10.2 Å². The molecule has 1 N–H and O–H groups in total. The van der Waals surface area contributed by atoms with Crippen LogP contribution in [0.15, 0.2) is 82.2 Å². The predicted octanol–water partition coefficient (Wildman–Crippen LogP) is 6.13. The second kappa shape index (κ2) is 13.7. The van der Waals surface area contributed by atoms with E-state index in [1.807, 2.05) is 44.2 Å². The third-order valence-electron chi connectivity index (χ3n) is 7.75. The predicted molar refractivity (Wildman–Crippen MR) is 166 cm³/mol. The van der Waals surface area contributed by atoms with Gasteiger partial charge in [0.15, 0.2) is 0 Å². The zero-order chi connectivity index (χ0) is 29.6. The second-order valence-corrected chi connectivity index (χ2v) is 13.5. The Hall–Kier alpha value is -3.17. The summed E-state index contributed by atoms with van der Waals surface area (Å²) in [7, 11) is -4.08. The summed E-state index contributed by atoms with van der Waals surface area (Å²) in [5, 5.41) is 3.13. The lowest BCUT2D eigenvalue weighted by molar-refractivity contribution is -0.139. The van der Waals surface area contributed by atoms with Crippen LogP contribution in [0.4, 0.5) is 5.69 Å². The number of carbonyl (C=O) groups is 2. The van der Waals surface area contributed by atoms with Crippen LogP contribution in [-0.4, -0.2) is 43.8 Å². The van der Waals surface area contributed by atoms with E-state index >= 15 is 0 Å². The van der Waals surface area contributed by atoms with Gasteiger partial charge in [0, 0.05) is 17.1 Å². The fourth-order valence-electron chi connectivity index (χ4n) is 5.11. The van der Waals surface area contributed by atoms with Gasteiger partial charge in [0.2, 0.25) is 11.8 Å². The van der Waals surface area contributed by atoms with Gasteiger partial charge in [-0.1, -0.05) is 71.6 Å². The number of aryl methyl sites for hydroxylation is 2. The molecule has 41 heavy (non-hydrogen) atoms. The molecule has 1 saturated carbocycles. The molecule has 0 unspecified atom stereocenters. The van der Waals surface area contributed by atoms with Crippen molar-refractivity contribution in [2.75, 3.05) is 10.8 Å². The van der Waals surface area contributed by atoms with E-state index in [0.717, 1.165) is 51.2 Å². The van der Waals surface area contributed by atoms with Gasteiger partial charge in [0.1, 0.15) is 12.6 Å². The number of amides is 2. The van der Waals surface area contributed by atoms with Crippen molar-refractivity contribution in [2.24, 2.45) is 0 Å². The molecule has 1 atom stereocenters. The number of sulfonamides is 1. The molecule has 7 nitrogen and oxygen atoms in total. The molecule has 2 amide bonds. The van der Waals surface area contributed by atoms with Crippen LogP contribution < -0.4 is 9.62 Å². The van der Waals surface area contributed by atoms with Crippen LogP contribution in [0.5, 0.6) is 0 Å². The molecule has 0 saturated heterocycles. The van der Waals surface area contributed by atoms with Crippen molar-refractivity contribution in [3.8, 4) is 0 Å². The minimum Gasteiger partial charge on any atom is -0.352 e. The van der Waals surface area contributed by atoms with Gasteiger partial charge in [-0.25, -0.2) is 8.42 Å². The highest BCUT2D eigenvalue weighted by molar-refractivity contribution is 9.10. The summed E-state index contributed by atoms with van der Waals surface area (Å²) in [6.07, 6.45) is 5.16. The molecule has 0 aromatic heterocycles. The summed E-state index contributed by atoms with van der Waals surface area (Å²) in [6, 6.07) is 20.3. The van der Waals surface area contributed by atoms with E-state index in [2.05, 4.69) is 21.2 Å². The number of hydrogen-bond acceptors (Lipinski definition) is 4. The van der Waals surface area contributed by atoms with Crippen molar-refractivity contribution >= 4 is 43.5 Å². The zero-order valence-corrected chi connectivity index (χ0v) is 26.2. The van der Waals surface area contributed by atoms with Gasteiger partial charge in [-0.2, -0.15) is 0 Å². The van der Waals surface area contributed by atoms with Crippen LogP contribution in [0.25, 0.3) is 0 Å². The fraction of sp³-hybridized carbons (Fsp3) is 0.375. The third-order valence-corrected chi connectivity index (χ3v) is 10.0. The standard InChI is InChI=1S/C32H38BrN3O4S/c1-23-17-18-29(19-24(23)2)36(41(39,40)30-15-8-5-9-16-30)22-31(37)35(21-26-11-10-12-27(33)20-26)25(3)32(38)34-28-13-6-4-7-14-28/h5,8-12,15-20,25,28H,4,6-7,13-14,21-22H2,1-3H3,(H,34,38)/t25-/m0/s1. The first-order valence-corrected chi connectivity index (χ1v) is 16.3. The molecule has 0 aliphatic heterocycles. The first kappa shape index (κ1) is 30.8. The molecule has 1 aliphatic carbocycles. The van der Waals surface area contributed by atoms with Crippen molar-refractivity contribution in [3.63, 3.8) is 0 Å². The maximum atomic E-state index is 14.1. The number of halogens is 1. The Balaban J connectivity index is 1.68. The lowest BCUT2D eigenvalue weighted by Crippen LogP contribution is -2.53. The summed E-state index contributed by atoms with van der Waals surface area (Å²) < 4.78 is 29.9. The van der Waals surface area contributed by atoms with Gasteiger partial charge in [0.05, 0.1) is 10.6 Å². The van der Waals surface area contributed by atoms with E-state index in [4.69, 9.17) is 0 Å². The largest absolute Gasteiger partial charge is 0.352 e. The Morgan fingerprint density at radius 3 is 2.29 bits per heavy atom. The molecule has 0 bridgehead atoms. The molecule has 3 aromatic carbocycles. The summed E-state index contributed by atoms with van der Waals surface area (Å²) >= 11 is 3.49. The highest BCUT2D eigenvalue weighted by atomic mass is 79.9. The highest BCUT2D eigenvalue weighted by Crippen LogP contribution is 2.27. The second-order valence-electron chi connectivity index (χ2n) is 10.8. The molecule has 4 rings (SSSR count). The average molecular weight is 641 g/mol. The van der Waals surface area contributed by atoms with Crippen LogP contribution >= 0.6 is 15.9 Å². The Morgan fingerprint density at radius 1 is 0.927 bits per heavy atom. The molecule has 1 aliphatic rings. The van der Waals surface area contributed by atoms with Crippen molar-refractivity contribution in [3.05, 3.63) is 94.0 Å². The number of anilines is 1. The highest BCUT2D eigenvalue weighted by Gasteiger charge is 2.33. The van der Waals surface area contributed by atoms with Gasteiger partial charge in [-0.3, -0.25) is 13.9 Å². The Labute approximate surface area is 252 Å². The number of nitrogens with one attached hydrogen (secondary N) is 1. The first-order chi connectivity index (χ1) is 19.6. The Bertz CT molecular complexity index is 1470. The fourth-order valence-corrected chi connectivity index (χ4v) is 6.99. The third kappa shape index (κ3) is 7.77. The Morgan fingerprint density at radius 2 is 1.63 bits per heavy atom. The first-order valence-electron chi connectivity index (χ1n) is 14.1. The number of rotatable bonds is 10. The lowest BCUT2D eigenvalue weighted by atomic mass is 9.95. The van der Waals surface area contributed by atoms with Gasteiger partial charge in [-0.15, -0.1) is 0 Å². The lowest BCUT2D eigenvalue weighted by Gasteiger charge is -2.33. The SMILES string of the molecule is Cc1ccc(N(CC(=O)N(Cc2cccc(Br)c2)[C@@H](C)C(=O)NC2CCCCC2)S(=O)(=O)c2ccccc2)cc1C. The molecule has 1 fully saturated rings. The van der Waals surface area contributed by atoms with Gasteiger partial charge >= 0.3 is 0 Å². The van der Waals surface area contributed by atoms with E-state index in [9.17, 15) is 18.0 Å². The quantitative estimate of drug-likeness (QED) is 0.289. The normalized spacial score (nSPS) is 14.7. The van der Waals surface area contributed by atoms with Crippen molar-refractivity contribution in [1.29, 1.82) is 0 Å². The molecule has 0 spiro atoms. The van der Waals surface area contributed by atoms with Crippen LogP contribution in [0, 0.1) is 13.8 Å². The summed E-state index contributed by atoms with van der Waals surface area (Å²) in [4.78, 5) is 29.1. The average Bonchev–Trinajstić information content (AvgIpc) is 2.96. The molecule has 3 aromatic rings.